The molecule has 0 rings (SSSR count). The molecule has 34 heavy (non-hydrogen) atoms. The molecule has 0 fully saturated rings. The molecule has 0 unspecified atom stereocenters. The van der Waals surface area contributed by atoms with Crippen molar-refractivity contribution in [3.05, 3.63) is 0 Å². The van der Waals surface area contributed by atoms with Gasteiger partial charge in [0.25, 0.3) is 0 Å². The molecule has 0 aliphatic rings. The monoisotopic (exact) mass is 484 g/mol. The maximum absolute atomic E-state index is 11.1. The van der Waals surface area contributed by atoms with Gasteiger partial charge in [0.1, 0.15) is 0 Å². The zero-order valence-electron chi connectivity index (χ0n) is 23.3. The minimum atomic E-state index is -0.651. The molecule has 0 saturated carbocycles. The van der Waals surface area contributed by atoms with Crippen LogP contribution in [0.25, 0.3) is 0 Å². The summed E-state index contributed by atoms with van der Waals surface area (Å²) in [5.41, 5.74) is 5.23. The normalized spacial score (nSPS) is 10.6. The number of rotatable bonds is 24. The molecular formula is C29H60N2O3. The van der Waals surface area contributed by atoms with Gasteiger partial charge >= 0.3 is 5.97 Å². The first kappa shape index (κ1) is 35.1. The Bertz CT molecular complexity index is 426. The summed E-state index contributed by atoms with van der Waals surface area (Å²) in [6, 6.07) is 0. The average Bonchev–Trinajstić information content (AvgIpc) is 2.82. The zero-order valence-corrected chi connectivity index (χ0v) is 23.3. The lowest BCUT2D eigenvalue weighted by Crippen LogP contribution is -2.31. The third kappa shape index (κ3) is 28.9. The van der Waals surface area contributed by atoms with Crippen molar-refractivity contribution in [1.82, 2.24) is 4.90 Å². The van der Waals surface area contributed by atoms with Gasteiger partial charge in [-0.05, 0) is 20.3 Å². The summed E-state index contributed by atoms with van der Waals surface area (Å²) in [4.78, 5) is 23.2. The number of carboxylic acids is 1. The van der Waals surface area contributed by atoms with Crippen LogP contribution in [-0.4, -0.2) is 41.5 Å². The van der Waals surface area contributed by atoms with E-state index in [9.17, 15) is 9.59 Å². The summed E-state index contributed by atoms with van der Waals surface area (Å²) in [6.07, 6.45) is 26.6. The highest BCUT2D eigenvalue weighted by atomic mass is 16.4. The van der Waals surface area contributed by atoms with Crippen LogP contribution in [0.4, 0.5) is 0 Å². The van der Waals surface area contributed by atoms with Gasteiger partial charge in [-0.2, -0.15) is 0 Å². The number of carbonyl (C=O) groups excluding carboxylic acids is 1. The lowest BCUT2D eigenvalue weighted by Gasteiger charge is -2.17. The van der Waals surface area contributed by atoms with Crippen molar-refractivity contribution in [3.8, 4) is 0 Å². The maximum atomic E-state index is 11.1. The Balaban J connectivity index is 0. The number of nitrogens with two attached hydrogens (primary N) is 1. The molecular weight excluding hydrogens is 424 g/mol. The van der Waals surface area contributed by atoms with Crippen LogP contribution in [0.1, 0.15) is 156 Å². The molecule has 1 amide bonds. The highest BCUT2D eigenvalue weighted by molar-refractivity contribution is 5.76. The predicted molar refractivity (Wildman–Crippen MR) is 147 cm³/mol. The zero-order chi connectivity index (χ0) is 25.7. The number of aliphatic carboxylic acids is 1. The lowest BCUT2D eigenvalue weighted by molar-refractivity contribution is -0.137. The van der Waals surface area contributed by atoms with Gasteiger partial charge in [-0.3, -0.25) is 9.59 Å². The fourth-order valence-corrected chi connectivity index (χ4v) is 4.21. The highest BCUT2D eigenvalue weighted by Crippen LogP contribution is 2.14. The summed E-state index contributed by atoms with van der Waals surface area (Å²) >= 11 is 0. The first-order valence-corrected chi connectivity index (χ1v) is 14.7. The fourth-order valence-electron chi connectivity index (χ4n) is 4.21. The Kier molecular flexibility index (Phi) is 30.9. The van der Waals surface area contributed by atoms with Gasteiger partial charge in [-0.25, -0.2) is 0 Å². The molecule has 0 atom stereocenters. The molecule has 0 heterocycles. The molecule has 0 spiro atoms. The van der Waals surface area contributed by atoms with Crippen molar-refractivity contribution in [2.75, 3.05) is 19.6 Å². The van der Waals surface area contributed by atoms with Crippen molar-refractivity contribution in [2.45, 2.75) is 156 Å². The second-order valence-corrected chi connectivity index (χ2v) is 9.61. The summed E-state index contributed by atoms with van der Waals surface area (Å²) in [5, 5.41) is 8.56. The number of hydrogen-bond acceptors (Lipinski definition) is 3. The van der Waals surface area contributed by atoms with Crippen LogP contribution in [0.5, 0.6) is 0 Å². The standard InChI is InChI=1S/C22H44O2.C7H16N2O/c1-2-3-4-5-6-7-8-9-10-11-12-13-14-15-16-17-18-19-20-21-22(23)24;1-3-9(4-2)7(10)5-6-8/h2-21H2,1H3,(H,23,24);3-6,8H2,1-2H3. The largest absolute Gasteiger partial charge is 0.481 e. The Morgan fingerprint density at radius 2 is 0.882 bits per heavy atom. The smallest absolute Gasteiger partial charge is 0.303 e. The third-order valence-corrected chi connectivity index (χ3v) is 6.47. The van der Waals surface area contributed by atoms with Crippen LogP contribution in [0.15, 0.2) is 0 Å². The Morgan fingerprint density at radius 3 is 1.15 bits per heavy atom. The van der Waals surface area contributed by atoms with Gasteiger partial charge in [0.05, 0.1) is 0 Å². The molecule has 5 heteroatoms. The van der Waals surface area contributed by atoms with Crippen molar-refractivity contribution in [1.29, 1.82) is 0 Å². The third-order valence-electron chi connectivity index (χ3n) is 6.47. The van der Waals surface area contributed by atoms with Crippen LogP contribution < -0.4 is 5.73 Å². The van der Waals surface area contributed by atoms with Crippen LogP contribution in [0, 0.1) is 0 Å². The minimum Gasteiger partial charge on any atom is -0.481 e. The SMILES string of the molecule is CCCCCCCCCCCCCCCCCCCCCC(=O)O.CCN(CC)C(=O)CCN. The van der Waals surface area contributed by atoms with Gasteiger partial charge in [-0.15, -0.1) is 0 Å². The molecule has 0 aromatic rings. The Morgan fingerprint density at radius 1 is 0.559 bits per heavy atom. The van der Waals surface area contributed by atoms with Crippen molar-refractivity contribution in [2.24, 2.45) is 5.73 Å². The molecule has 204 valence electrons. The van der Waals surface area contributed by atoms with Gasteiger partial charge in [0.15, 0.2) is 0 Å². The van der Waals surface area contributed by atoms with E-state index in [0.29, 0.717) is 19.4 Å². The first-order valence-electron chi connectivity index (χ1n) is 14.7. The topological polar surface area (TPSA) is 83.6 Å². The molecule has 0 radical (unpaired) electrons. The number of unbranched alkanes of at least 4 members (excludes halogenated alkanes) is 18. The average molecular weight is 485 g/mol. The van der Waals surface area contributed by atoms with E-state index < -0.39 is 5.97 Å². The van der Waals surface area contributed by atoms with E-state index in [0.717, 1.165) is 25.9 Å². The Labute approximate surface area is 212 Å². The summed E-state index contributed by atoms with van der Waals surface area (Å²) < 4.78 is 0. The van der Waals surface area contributed by atoms with Crippen molar-refractivity contribution >= 4 is 11.9 Å². The first-order chi connectivity index (χ1) is 16.5. The quantitative estimate of drug-likeness (QED) is 0.136. The van der Waals surface area contributed by atoms with E-state index in [1.807, 2.05) is 13.8 Å². The van der Waals surface area contributed by atoms with Gasteiger partial charge in [0.2, 0.25) is 5.91 Å². The second kappa shape index (κ2) is 29.9. The van der Waals surface area contributed by atoms with Crippen LogP contribution >= 0.6 is 0 Å². The molecule has 3 N–H and O–H groups in total. The summed E-state index contributed by atoms with van der Waals surface area (Å²) in [5.74, 6) is -0.491. The molecule has 0 aliphatic heterocycles. The molecule has 0 saturated heterocycles. The summed E-state index contributed by atoms with van der Waals surface area (Å²) in [7, 11) is 0. The van der Waals surface area contributed by atoms with E-state index >= 15 is 0 Å². The van der Waals surface area contributed by atoms with Gasteiger partial charge in [-0.1, -0.05) is 122 Å². The van der Waals surface area contributed by atoms with E-state index in [1.54, 1.807) is 4.90 Å². The van der Waals surface area contributed by atoms with E-state index in [4.69, 9.17) is 10.8 Å². The van der Waals surface area contributed by atoms with Crippen molar-refractivity contribution in [3.63, 3.8) is 0 Å². The highest BCUT2D eigenvalue weighted by Gasteiger charge is 2.06. The number of carbonyl (C=O) groups is 2. The number of carboxylic acid groups (broad SMARTS) is 1. The fraction of sp³-hybridized carbons (Fsp3) is 0.931. The number of amides is 1. The van der Waals surface area contributed by atoms with Crippen LogP contribution in [0.2, 0.25) is 0 Å². The van der Waals surface area contributed by atoms with E-state index in [-0.39, 0.29) is 5.91 Å². The van der Waals surface area contributed by atoms with Gasteiger partial charge < -0.3 is 15.7 Å². The van der Waals surface area contributed by atoms with E-state index in [2.05, 4.69) is 6.92 Å². The molecule has 0 aromatic carbocycles. The van der Waals surface area contributed by atoms with E-state index in [1.165, 1.54) is 109 Å². The van der Waals surface area contributed by atoms with Gasteiger partial charge in [0, 0.05) is 32.5 Å². The number of nitrogens with zero attached hydrogens (tertiary/aromatic N) is 1. The lowest BCUT2D eigenvalue weighted by atomic mass is 10.0. The van der Waals surface area contributed by atoms with Crippen LogP contribution in [0.3, 0.4) is 0 Å². The van der Waals surface area contributed by atoms with Crippen LogP contribution in [-0.2, 0) is 9.59 Å². The molecule has 5 nitrogen and oxygen atoms in total. The maximum Gasteiger partial charge on any atom is 0.303 e. The number of hydrogen-bond donors (Lipinski definition) is 2. The molecule has 0 aliphatic carbocycles. The molecule has 0 bridgehead atoms. The minimum absolute atomic E-state index is 0.160. The predicted octanol–water partition coefficient (Wildman–Crippen LogP) is 8.10. The Hall–Kier alpha value is -1.10. The second-order valence-electron chi connectivity index (χ2n) is 9.61. The summed E-state index contributed by atoms with van der Waals surface area (Å²) in [6.45, 7) is 8.25. The molecule has 0 aromatic heterocycles. The van der Waals surface area contributed by atoms with Crippen molar-refractivity contribution < 1.29 is 14.7 Å².